The van der Waals surface area contributed by atoms with Crippen LogP contribution in [-0.2, 0) is 17.8 Å². The Labute approximate surface area is 123 Å². The number of hydrogen-bond acceptors (Lipinski definition) is 4. The summed E-state index contributed by atoms with van der Waals surface area (Å²) in [4.78, 5) is 20.7. The molecule has 5 heteroatoms. The Hall–Kier alpha value is -2.27. The minimum atomic E-state index is -0.201. The number of carbonyl (C=O) groups excluding carboxylic acids is 1. The van der Waals surface area contributed by atoms with Gasteiger partial charge in [-0.3, -0.25) is 4.79 Å². The minimum absolute atomic E-state index is 0.0192. The quantitative estimate of drug-likeness (QED) is 0.901. The first-order chi connectivity index (χ1) is 10.2. The number of nitrogens with zero attached hydrogens (tertiary/aromatic N) is 2. The van der Waals surface area contributed by atoms with Gasteiger partial charge < -0.3 is 10.6 Å². The summed E-state index contributed by atoms with van der Waals surface area (Å²) in [7, 11) is 0. The number of carbonyl (C=O) groups is 1. The number of aromatic nitrogens is 2. The molecule has 2 aromatic rings. The van der Waals surface area contributed by atoms with E-state index in [1.54, 1.807) is 6.20 Å². The largest absolute Gasteiger partial charge is 0.324 e. The van der Waals surface area contributed by atoms with Crippen LogP contribution in [-0.4, -0.2) is 21.9 Å². The van der Waals surface area contributed by atoms with Crippen LogP contribution in [0.2, 0.25) is 0 Å². The van der Waals surface area contributed by atoms with E-state index >= 15 is 0 Å². The lowest BCUT2D eigenvalue weighted by Gasteiger charge is -2.15. The summed E-state index contributed by atoms with van der Waals surface area (Å²) in [5.74, 6) is 0.762. The number of rotatable bonds is 3. The highest BCUT2D eigenvalue weighted by Gasteiger charge is 2.22. The first kappa shape index (κ1) is 13.7. The van der Waals surface area contributed by atoms with Crippen molar-refractivity contribution in [3.8, 4) is 0 Å². The fraction of sp³-hybridized carbons (Fsp3) is 0.312. The number of para-hydroxylation sites is 1. The lowest BCUT2D eigenvalue weighted by Crippen LogP contribution is -2.39. The third-order valence-electron chi connectivity index (χ3n) is 3.66. The van der Waals surface area contributed by atoms with Crippen molar-refractivity contribution >= 4 is 11.6 Å². The first-order valence-corrected chi connectivity index (χ1v) is 7.13. The van der Waals surface area contributed by atoms with Crippen molar-refractivity contribution in [2.24, 2.45) is 0 Å². The van der Waals surface area contributed by atoms with Crippen LogP contribution in [0.5, 0.6) is 0 Å². The van der Waals surface area contributed by atoms with Crippen molar-refractivity contribution in [2.75, 3.05) is 5.32 Å². The predicted octanol–water partition coefficient (Wildman–Crippen LogP) is 1.83. The SMILES string of the molecule is Cc1nccc(CNC2CCc3ccccc3NC2=O)n1. The Kier molecular flexibility index (Phi) is 3.92. The third-order valence-corrected chi connectivity index (χ3v) is 3.66. The second kappa shape index (κ2) is 6.01. The molecule has 2 heterocycles. The summed E-state index contributed by atoms with van der Waals surface area (Å²) < 4.78 is 0. The molecule has 5 nitrogen and oxygen atoms in total. The van der Waals surface area contributed by atoms with Gasteiger partial charge in [0, 0.05) is 18.4 Å². The van der Waals surface area contributed by atoms with Crippen molar-refractivity contribution in [1.82, 2.24) is 15.3 Å². The molecular formula is C16H18N4O. The van der Waals surface area contributed by atoms with Gasteiger partial charge in [0.1, 0.15) is 5.82 Å². The normalized spacial score (nSPS) is 17.8. The lowest BCUT2D eigenvalue weighted by molar-refractivity contribution is -0.118. The van der Waals surface area contributed by atoms with E-state index in [4.69, 9.17) is 0 Å². The molecule has 2 N–H and O–H groups in total. The first-order valence-electron chi connectivity index (χ1n) is 7.13. The summed E-state index contributed by atoms with van der Waals surface area (Å²) in [5, 5.41) is 6.27. The third kappa shape index (κ3) is 3.25. The highest BCUT2D eigenvalue weighted by molar-refractivity contribution is 5.96. The molecule has 0 radical (unpaired) electrons. The minimum Gasteiger partial charge on any atom is -0.324 e. The van der Waals surface area contributed by atoms with E-state index in [1.165, 1.54) is 5.56 Å². The highest BCUT2D eigenvalue weighted by atomic mass is 16.2. The van der Waals surface area contributed by atoms with Gasteiger partial charge >= 0.3 is 0 Å². The van der Waals surface area contributed by atoms with Gasteiger partial charge in [-0.25, -0.2) is 9.97 Å². The van der Waals surface area contributed by atoms with Crippen molar-refractivity contribution in [3.63, 3.8) is 0 Å². The lowest BCUT2D eigenvalue weighted by atomic mass is 10.1. The molecule has 1 aliphatic heterocycles. The molecule has 0 aliphatic carbocycles. The van der Waals surface area contributed by atoms with Crippen LogP contribution in [0.25, 0.3) is 0 Å². The van der Waals surface area contributed by atoms with Gasteiger partial charge in [0.25, 0.3) is 0 Å². The Morgan fingerprint density at radius 3 is 3.05 bits per heavy atom. The van der Waals surface area contributed by atoms with Crippen molar-refractivity contribution < 1.29 is 4.79 Å². The van der Waals surface area contributed by atoms with Crippen LogP contribution >= 0.6 is 0 Å². The topological polar surface area (TPSA) is 66.9 Å². The van der Waals surface area contributed by atoms with Gasteiger partial charge in [-0.1, -0.05) is 18.2 Å². The number of fused-ring (bicyclic) bond motifs is 1. The molecule has 1 aliphatic rings. The molecule has 1 atom stereocenters. The number of benzene rings is 1. The average Bonchev–Trinajstić information content (AvgIpc) is 2.64. The maximum absolute atomic E-state index is 12.3. The fourth-order valence-electron chi connectivity index (χ4n) is 2.54. The van der Waals surface area contributed by atoms with Crippen molar-refractivity contribution in [3.05, 3.63) is 53.6 Å². The maximum Gasteiger partial charge on any atom is 0.241 e. The zero-order valence-electron chi connectivity index (χ0n) is 12.0. The van der Waals surface area contributed by atoms with Crippen LogP contribution in [0, 0.1) is 6.92 Å². The van der Waals surface area contributed by atoms with E-state index in [-0.39, 0.29) is 11.9 Å². The predicted molar refractivity (Wildman–Crippen MR) is 80.8 cm³/mol. The van der Waals surface area contributed by atoms with Gasteiger partial charge in [-0.05, 0) is 37.5 Å². The number of hydrogen-bond donors (Lipinski definition) is 2. The van der Waals surface area contributed by atoms with Crippen LogP contribution in [0.3, 0.4) is 0 Å². The monoisotopic (exact) mass is 282 g/mol. The van der Waals surface area contributed by atoms with Crippen LogP contribution < -0.4 is 10.6 Å². The molecule has 0 saturated carbocycles. The van der Waals surface area contributed by atoms with E-state index in [9.17, 15) is 4.79 Å². The molecule has 0 saturated heterocycles. The van der Waals surface area contributed by atoms with Crippen molar-refractivity contribution in [2.45, 2.75) is 32.4 Å². The molecule has 0 fully saturated rings. The Morgan fingerprint density at radius 1 is 1.33 bits per heavy atom. The molecule has 1 aromatic heterocycles. The summed E-state index contributed by atoms with van der Waals surface area (Å²) in [5.41, 5.74) is 3.01. The Balaban J connectivity index is 1.66. The standard InChI is InChI=1S/C16H18N4O/c1-11-17-9-8-13(19-11)10-18-15-7-6-12-4-2-3-5-14(12)20-16(15)21/h2-5,8-9,15,18H,6-7,10H2,1H3,(H,20,21). The molecule has 21 heavy (non-hydrogen) atoms. The summed E-state index contributed by atoms with van der Waals surface area (Å²) in [6, 6.07) is 9.62. The van der Waals surface area contributed by atoms with E-state index in [2.05, 4.69) is 26.7 Å². The van der Waals surface area contributed by atoms with Crippen LogP contribution in [0.4, 0.5) is 5.69 Å². The Bertz CT molecular complexity index is 656. The summed E-state index contributed by atoms with van der Waals surface area (Å²) in [6.07, 6.45) is 3.41. The van der Waals surface area contributed by atoms with Gasteiger partial charge in [0.2, 0.25) is 5.91 Å². The van der Waals surface area contributed by atoms with E-state index in [0.29, 0.717) is 6.54 Å². The van der Waals surface area contributed by atoms with Crippen molar-refractivity contribution in [1.29, 1.82) is 0 Å². The molecule has 1 amide bonds. The van der Waals surface area contributed by atoms with Gasteiger partial charge in [0.15, 0.2) is 0 Å². The van der Waals surface area contributed by atoms with Gasteiger partial charge in [-0.2, -0.15) is 0 Å². The molecule has 1 unspecified atom stereocenters. The zero-order valence-corrected chi connectivity index (χ0v) is 12.0. The molecule has 3 rings (SSSR count). The molecule has 108 valence electrons. The Morgan fingerprint density at radius 2 is 2.19 bits per heavy atom. The van der Waals surface area contributed by atoms with Gasteiger partial charge in [0.05, 0.1) is 11.7 Å². The smallest absolute Gasteiger partial charge is 0.241 e. The fourth-order valence-corrected chi connectivity index (χ4v) is 2.54. The molecule has 0 spiro atoms. The van der Waals surface area contributed by atoms with Gasteiger partial charge in [-0.15, -0.1) is 0 Å². The summed E-state index contributed by atoms with van der Waals surface area (Å²) >= 11 is 0. The van der Waals surface area contributed by atoms with E-state index < -0.39 is 0 Å². The molecule has 0 bridgehead atoms. The molecular weight excluding hydrogens is 264 g/mol. The molecule has 1 aromatic carbocycles. The summed E-state index contributed by atoms with van der Waals surface area (Å²) in [6.45, 7) is 2.43. The number of anilines is 1. The second-order valence-corrected chi connectivity index (χ2v) is 5.21. The maximum atomic E-state index is 12.3. The zero-order chi connectivity index (χ0) is 14.7. The van der Waals surface area contributed by atoms with E-state index in [0.717, 1.165) is 30.0 Å². The number of aryl methyl sites for hydroxylation is 2. The van der Waals surface area contributed by atoms with Crippen LogP contribution in [0.1, 0.15) is 23.5 Å². The second-order valence-electron chi connectivity index (χ2n) is 5.21. The number of nitrogens with one attached hydrogen (secondary N) is 2. The average molecular weight is 282 g/mol. The van der Waals surface area contributed by atoms with E-state index in [1.807, 2.05) is 31.2 Å². The van der Waals surface area contributed by atoms with Crippen LogP contribution in [0.15, 0.2) is 36.5 Å². The number of amides is 1. The highest BCUT2D eigenvalue weighted by Crippen LogP contribution is 2.21.